The Balaban J connectivity index is 1.52. The molecule has 1 amide bonds. The summed E-state index contributed by atoms with van der Waals surface area (Å²) in [5.41, 5.74) is 6.58. The minimum Gasteiger partial charge on any atom is -0.369 e. The molecule has 3 heteroatoms. The highest BCUT2D eigenvalue weighted by molar-refractivity contribution is 5.83. The maximum absolute atomic E-state index is 11.3. The zero-order chi connectivity index (χ0) is 11.9. The fraction of sp³-hybridized carbons (Fsp3) is 0.500. The molecule has 0 heterocycles. The van der Waals surface area contributed by atoms with E-state index in [0.717, 1.165) is 19.4 Å². The Morgan fingerprint density at radius 3 is 2.65 bits per heavy atom. The molecule has 3 rings (SSSR count). The van der Waals surface area contributed by atoms with Crippen molar-refractivity contribution in [1.29, 1.82) is 0 Å². The quantitative estimate of drug-likeness (QED) is 0.803. The Morgan fingerprint density at radius 2 is 2.06 bits per heavy atom. The second kappa shape index (κ2) is 3.84. The molecule has 1 aromatic carbocycles. The Kier molecular flexibility index (Phi) is 2.44. The van der Waals surface area contributed by atoms with Crippen molar-refractivity contribution in [2.24, 2.45) is 11.1 Å². The number of benzene rings is 1. The van der Waals surface area contributed by atoms with Crippen LogP contribution in [-0.4, -0.2) is 18.5 Å². The number of hydrogen-bond donors (Lipinski definition) is 2. The first kappa shape index (κ1) is 10.8. The monoisotopic (exact) mass is 230 g/mol. The van der Waals surface area contributed by atoms with Crippen LogP contribution < -0.4 is 11.1 Å². The summed E-state index contributed by atoms with van der Waals surface area (Å²) in [7, 11) is 0. The SMILES string of the molecule is NC(=O)C1(CN[C@H]2CC2c2ccccc2)CC1. The second-order valence-corrected chi connectivity index (χ2v) is 5.38. The topological polar surface area (TPSA) is 55.1 Å². The van der Waals surface area contributed by atoms with E-state index in [1.165, 1.54) is 12.0 Å². The molecule has 1 aromatic rings. The molecule has 2 aliphatic carbocycles. The summed E-state index contributed by atoms with van der Waals surface area (Å²) in [4.78, 5) is 11.3. The summed E-state index contributed by atoms with van der Waals surface area (Å²) in [5, 5.41) is 3.49. The van der Waals surface area contributed by atoms with Crippen molar-refractivity contribution in [3.63, 3.8) is 0 Å². The third-order valence-electron chi connectivity index (χ3n) is 4.10. The number of hydrogen-bond acceptors (Lipinski definition) is 2. The summed E-state index contributed by atoms with van der Waals surface area (Å²) in [6, 6.07) is 11.1. The molecule has 3 N–H and O–H groups in total. The van der Waals surface area contributed by atoms with E-state index >= 15 is 0 Å². The highest BCUT2D eigenvalue weighted by atomic mass is 16.1. The molecule has 3 nitrogen and oxygen atoms in total. The van der Waals surface area contributed by atoms with E-state index in [0.29, 0.717) is 12.0 Å². The average Bonchev–Trinajstić information content (AvgIpc) is 3.23. The summed E-state index contributed by atoms with van der Waals surface area (Å²) in [5.74, 6) is 0.488. The molecular weight excluding hydrogens is 212 g/mol. The summed E-state index contributed by atoms with van der Waals surface area (Å²) >= 11 is 0. The van der Waals surface area contributed by atoms with Gasteiger partial charge in [0.2, 0.25) is 5.91 Å². The minimum atomic E-state index is -0.218. The van der Waals surface area contributed by atoms with Crippen LogP contribution in [0.1, 0.15) is 30.7 Å². The van der Waals surface area contributed by atoms with Crippen LogP contribution in [0.3, 0.4) is 0 Å². The fourth-order valence-electron chi connectivity index (χ4n) is 2.48. The van der Waals surface area contributed by atoms with Gasteiger partial charge in [-0.2, -0.15) is 0 Å². The zero-order valence-electron chi connectivity index (χ0n) is 9.86. The molecule has 2 atom stereocenters. The smallest absolute Gasteiger partial charge is 0.224 e. The van der Waals surface area contributed by atoms with Crippen molar-refractivity contribution in [3.8, 4) is 0 Å². The van der Waals surface area contributed by atoms with Crippen LogP contribution in [-0.2, 0) is 4.79 Å². The van der Waals surface area contributed by atoms with Crippen molar-refractivity contribution in [1.82, 2.24) is 5.32 Å². The molecule has 0 aliphatic heterocycles. The van der Waals surface area contributed by atoms with Crippen molar-refractivity contribution in [3.05, 3.63) is 35.9 Å². The molecule has 0 bridgehead atoms. The van der Waals surface area contributed by atoms with E-state index in [1.807, 2.05) is 6.07 Å². The van der Waals surface area contributed by atoms with Gasteiger partial charge in [-0.05, 0) is 24.8 Å². The molecule has 0 saturated heterocycles. The van der Waals surface area contributed by atoms with Crippen molar-refractivity contribution in [2.45, 2.75) is 31.2 Å². The Labute approximate surface area is 101 Å². The Morgan fingerprint density at radius 1 is 1.35 bits per heavy atom. The highest BCUT2D eigenvalue weighted by Gasteiger charge is 2.50. The number of carbonyl (C=O) groups excluding carboxylic acids is 1. The van der Waals surface area contributed by atoms with Crippen molar-refractivity contribution in [2.75, 3.05) is 6.54 Å². The molecule has 2 saturated carbocycles. The van der Waals surface area contributed by atoms with Crippen LogP contribution in [0.15, 0.2) is 30.3 Å². The van der Waals surface area contributed by atoms with Gasteiger partial charge in [-0.25, -0.2) is 0 Å². The average molecular weight is 230 g/mol. The molecule has 17 heavy (non-hydrogen) atoms. The predicted molar refractivity (Wildman–Crippen MR) is 66.5 cm³/mol. The largest absolute Gasteiger partial charge is 0.369 e. The Bertz CT molecular complexity index is 425. The first-order valence-corrected chi connectivity index (χ1v) is 6.29. The highest BCUT2D eigenvalue weighted by Crippen LogP contribution is 2.46. The molecule has 2 aliphatic rings. The van der Waals surface area contributed by atoms with Crippen LogP contribution in [0.5, 0.6) is 0 Å². The van der Waals surface area contributed by atoms with Gasteiger partial charge < -0.3 is 11.1 Å². The predicted octanol–water partition coefficient (Wildman–Crippen LogP) is 1.40. The van der Waals surface area contributed by atoms with Gasteiger partial charge in [-0.1, -0.05) is 30.3 Å². The number of nitrogens with two attached hydrogens (primary N) is 1. The molecule has 0 radical (unpaired) electrons. The molecular formula is C14H18N2O. The third kappa shape index (κ3) is 2.07. The van der Waals surface area contributed by atoms with E-state index in [1.54, 1.807) is 0 Å². The van der Waals surface area contributed by atoms with Crippen LogP contribution >= 0.6 is 0 Å². The summed E-state index contributed by atoms with van der Waals surface area (Å²) in [6.45, 7) is 0.760. The summed E-state index contributed by atoms with van der Waals surface area (Å²) < 4.78 is 0. The Hall–Kier alpha value is -1.35. The second-order valence-electron chi connectivity index (χ2n) is 5.38. The van der Waals surface area contributed by atoms with E-state index in [4.69, 9.17) is 5.73 Å². The maximum Gasteiger partial charge on any atom is 0.224 e. The van der Waals surface area contributed by atoms with Gasteiger partial charge in [0.25, 0.3) is 0 Å². The molecule has 90 valence electrons. The van der Waals surface area contributed by atoms with Gasteiger partial charge in [0.1, 0.15) is 0 Å². The van der Waals surface area contributed by atoms with Gasteiger partial charge >= 0.3 is 0 Å². The third-order valence-corrected chi connectivity index (χ3v) is 4.10. The lowest BCUT2D eigenvalue weighted by molar-refractivity contribution is -0.122. The minimum absolute atomic E-state index is 0.137. The molecule has 0 aromatic heterocycles. The zero-order valence-corrected chi connectivity index (χ0v) is 9.86. The number of primary amides is 1. The first-order valence-electron chi connectivity index (χ1n) is 6.29. The van der Waals surface area contributed by atoms with Crippen molar-refractivity contribution < 1.29 is 4.79 Å². The van der Waals surface area contributed by atoms with Crippen LogP contribution in [0.4, 0.5) is 0 Å². The standard InChI is InChI=1S/C14H18N2O/c15-13(17)14(6-7-14)9-16-12-8-11(12)10-4-2-1-3-5-10/h1-5,11-12,16H,6-9H2,(H2,15,17)/t11?,12-/m0/s1. The van der Waals surface area contributed by atoms with Crippen molar-refractivity contribution >= 4 is 5.91 Å². The van der Waals surface area contributed by atoms with Gasteiger partial charge in [0, 0.05) is 18.5 Å². The number of nitrogens with one attached hydrogen (secondary N) is 1. The van der Waals surface area contributed by atoms with E-state index in [9.17, 15) is 4.79 Å². The first-order chi connectivity index (χ1) is 8.21. The van der Waals surface area contributed by atoms with Gasteiger partial charge in [0.05, 0.1) is 5.41 Å². The lowest BCUT2D eigenvalue weighted by Gasteiger charge is -2.11. The number of carbonyl (C=O) groups is 1. The van der Waals surface area contributed by atoms with E-state index in [2.05, 4.69) is 29.6 Å². The van der Waals surface area contributed by atoms with Crippen LogP contribution in [0.25, 0.3) is 0 Å². The number of rotatable bonds is 5. The lowest BCUT2D eigenvalue weighted by Crippen LogP contribution is -2.35. The maximum atomic E-state index is 11.3. The molecule has 0 spiro atoms. The van der Waals surface area contributed by atoms with Crippen LogP contribution in [0, 0.1) is 5.41 Å². The fourth-order valence-corrected chi connectivity index (χ4v) is 2.48. The molecule has 2 fully saturated rings. The lowest BCUT2D eigenvalue weighted by atomic mass is 10.1. The van der Waals surface area contributed by atoms with E-state index < -0.39 is 0 Å². The van der Waals surface area contributed by atoms with Gasteiger partial charge in [0.15, 0.2) is 0 Å². The van der Waals surface area contributed by atoms with Crippen LogP contribution in [0.2, 0.25) is 0 Å². The normalized spacial score (nSPS) is 28.7. The number of amides is 1. The van der Waals surface area contributed by atoms with Gasteiger partial charge in [-0.3, -0.25) is 4.79 Å². The van der Waals surface area contributed by atoms with Gasteiger partial charge in [-0.15, -0.1) is 0 Å². The molecule has 1 unspecified atom stereocenters. The summed E-state index contributed by atoms with van der Waals surface area (Å²) in [6.07, 6.45) is 3.09. The van der Waals surface area contributed by atoms with E-state index in [-0.39, 0.29) is 11.3 Å².